The number of aldehydes is 1. The Labute approximate surface area is 153 Å². The van der Waals surface area contributed by atoms with Gasteiger partial charge in [0.1, 0.15) is 13.2 Å². The molecule has 3 rings (SSSR count). The molecule has 6 heteroatoms. The third-order valence-corrected chi connectivity index (χ3v) is 4.80. The van der Waals surface area contributed by atoms with Crippen LogP contribution in [0.4, 0.5) is 0 Å². The number of ether oxygens (including phenoxy) is 2. The summed E-state index contributed by atoms with van der Waals surface area (Å²) in [6, 6.07) is 2.14. The van der Waals surface area contributed by atoms with Crippen LogP contribution in [-0.4, -0.2) is 35.5 Å². The van der Waals surface area contributed by atoms with E-state index in [1.807, 2.05) is 6.20 Å². The number of nitrogens with zero attached hydrogens (tertiary/aromatic N) is 3. The van der Waals surface area contributed by atoms with Crippen LogP contribution in [0.3, 0.4) is 0 Å². The standard InChI is InChI=1S/C20H25N3O3/c1-3-10-21-18(12-24)20-25-13-15-7-5-6-8-17(15)19-9-11-22-23(19)16(4-2)14-26-20/h3,9-12,16H,1,4-8,13-14H2,2H3/b20-18-,21-10?. The number of aliphatic imine (C=N–C) groups is 1. The average Bonchev–Trinajstić information content (AvgIpc) is 3.16. The highest BCUT2D eigenvalue weighted by Crippen LogP contribution is 2.35. The van der Waals surface area contributed by atoms with Crippen molar-refractivity contribution in [2.24, 2.45) is 4.99 Å². The molecule has 6 nitrogen and oxygen atoms in total. The van der Waals surface area contributed by atoms with Gasteiger partial charge in [-0.2, -0.15) is 5.10 Å². The van der Waals surface area contributed by atoms with Crippen molar-refractivity contribution in [3.63, 3.8) is 0 Å². The van der Waals surface area contributed by atoms with Crippen LogP contribution in [0, 0.1) is 0 Å². The van der Waals surface area contributed by atoms with E-state index in [1.165, 1.54) is 29.9 Å². The van der Waals surface area contributed by atoms with Crippen molar-refractivity contribution in [2.45, 2.75) is 45.1 Å². The van der Waals surface area contributed by atoms with Gasteiger partial charge in [0.15, 0.2) is 12.0 Å². The topological polar surface area (TPSA) is 65.7 Å². The Morgan fingerprint density at radius 2 is 2.27 bits per heavy atom. The van der Waals surface area contributed by atoms with E-state index < -0.39 is 0 Å². The van der Waals surface area contributed by atoms with Crippen molar-refractivity contribution >= 4 is 18.1 Å². The molecule has 0 bridgehead atoms. The zero-order valence-corrected chi connectivity index (χ0v) is 15.2. The highest BCUT2D eigenvalue weighted by molar-refractivity contribution is 5.80. The number of fused-ring (bicyclic) bond motifs is 2. The van der Waals surface area contributed by atoms with Crippen molar-refractivity contribution in [3.8, 4) is 0 Å². The minimum Gasteiger partial charge on any atom is -0.461 e. The molecule has 138 valence electrons. The van der Waals surface area contributed by atoms with Gasteiger partial charge < -0.3 is 9.47 Å². The highest BCUT2D eigenvalue weighted by Gasteiger charge is 2.24. The van der Waals surface area contributed by atoms with Gasteiger partial charge in [0, 0.05) is 12.4 Å². The Bertz CT molecular complexity index is 758. The van der Waals surface area contributed by atoms with Crippen LogP contribution >= 0.6 is 0 Å². The number of allylic oxidation sites excluding steroid dienone is 3. The molecule has 2 heterocycles. The minimum atomic E-state index is 0.0589. The summed E-state index contributed by atoms with van der Waals surface area (Å²) in [4.78, 5) is 15.5. The van der Waals surface area contributed by atoms with Crippen LogP contribution < -0.4 is 0 Å². The lowest BCUT2D eigenvalue weighted by Gasteiger charge is -2.27. The van der Waals surface area contributed by atoms with Gasteiger partial charge in [-0.25, -0.2) is 4.99 Å². The summed E-state index contributed by atoms with van der Waals surface area (Å²) in [5.41, 5.74) is 3.86. The van der Waals surface area contributed by atoms with E-state index in [2.05, 4.69) is 34.3 Å². The lowest BCUT2D eigenvalue weighted by Crippen LogP contribution is -2.22. The summed E-state index contributed by atoms with van der Waals surface area (Å²) in [6.07, 6.45) is 10.6. The molecule has 1 aromatic rings. The summed E-state index contributed by atoms with van der Waals surface area (Å²) in [5.74, 6) is 0.171. The van der Waals surface area contributed by atoms with E-state index in [0.29, 0.717) is 19.5 Å². The average molecular weight is 355 g/mol. The van der Waals surface area contributed by atoms with Gasteiger partial charge in [0.05, 0.1) is 11.7 Å². The Balaban J connectivity index is 2.04. The molecule has 0 spiro atoms. The molecular weight excluding hydrogens is 330 g/mol. The van der Waals surface area contributed by atoms with Crippen LogP contribution in [0.15, 0.2) is 47.1 Å². The van der Waals surface area contributed by atoms with E-state index in [0.717, 1.165) is 31.4 Å². The molecule has 2 aliphatic rings. The van der Waals surface area contributed by atoms with Gasteiger partial charge in [-0.05, 0) is 49.3 Å². The smallest absolute Gasteiger partial charge is 0.310 e. The molecule has 0 radical (unpaired) electrons. The Morgan fingerprint density at radius 1 is 1.42 bits per heavy atom. The van der Waals surface area contributed by atoms with Crippen LogP contribution in [0.2, 0.25) is 0 Å². The molecule has 0 saturated carbocycles. The van der Waals surface area contributed by atoms with Crippen molar-refractivity contribution in [2.75, 3.05) is 13.2 Å². The summed E-state index contributed by atoms with van der Waals surface area (Å²) < 4.78 is 13.8. The fraction of sp³-hybridized carbons (Fsp3) is 0.450. The maximum absolute atomic E-state index is 11.5. The normalized spacial score (nSPS) is 22.7. The summed E-state index contributed by atoms with van der Waals surface area (Å²) in [7, 11) is 0. The predicted octanol–water partition coefficient (Wildman–Crippen LogP) is 3.83. The van der Waals surface area contributed by atoms with Crippen LogP contribution in [-0.2, 0) is 14.3 Å². The second-order valence-electron chi connectivity index (χ2n) is 6.42. The Hall–Kier alpha value is -2.63. The van der Waals surface area contributed by atoms with E-state index in [1.54, 1.807) is 0 Å². The van der Waals surface area contributed by atoms with Crippen molar-refractivity contribution in [1.82, 2.24) is 9.78 Å². The van der Waals surface area contributed by atoms with Crippen LogP contribution in [0.5, 0.6) is 0 Å². The molecule has 0 fully saturated rings. The first-order chi connectivity index (χ1) is 12.8. The SMILES string of the molecule is C=CC=N/C(C=O)=C1/OCC2=C(CCCC2)c2ccnn2C(CC)CO1. The fourth-order valence-corrected chi connectivity index (χ4v) is 3.42. The van der Waals surface area contributed by atoms with Gasteiger partial charge in [0.2, 0.25) is 0 Å². The Kier molecular flexibility index (Phi) is 6.04. The highest BCUT2D eigenvalue weighted by atomic mass is 16.7. The molecule has 1 aliphatic carbocycles. The monoisotopic (exact) mass is 355 g/mol. The van der Waals surface area contributed by atoms with E-state index in [9.17, 15) is 4.79 Å². The molecule has 1 atom stereocenters. The number of carbonyl (C=O) groups is 1. The maximum Gasteiger partial charge on any atom is 0.310 e. The van der Waals surface area contributed by atoms with Crippen LogP contribution in [0.1, 0.15) is 50.8 Å². The predicted molar refractivity (Wildman–Crippen MR) is 101 cm³/mol. The van der Waals surface area contributed by atoms with Gasteiger partial charge in [0.25, 0.3) is 0 Å². The molecule has 0 saturated heterocycles. The first-order valence-electron chi connectivity index (χ1n) is 9.13. The largest absolute Gasteiger partial charge is 0.461 e. The van der Waals surface area contributed by atoms with Crippen molar-refractivity contribution in [1.29, 1.82) is 0 Å². The second-order valence-corrected chi connectivity index (χ2v) is 6.42. The quantitative estimate of drug-likeness (QED) is 0.468. The first-order valence-corrected chi connectivity index (χ1v) is 9.13. The third-order valence-electron chi connectivity index (χ3n) is 4.80. The van der Waals surface area contributed by atoms with E-state index in [-0.39, 0.29) is 17.7 Å². The molecule has 0 N–H and O–H groups in total. The summed E-state index contributed by atoms with van der Waals surface area (Å²) in [5, 5.41) is 4.55. The second kappa shape index (κ2) is 8.65. The molecule has 1 unspecified atom stereocenters. The molecule has 0 aromatic carbocycles. The molecule has 26 heavy (non-hydrogen) atoms. The van der Waals surface area contributed by atoms with Crippen molar-refractivity contribution < 1.29 is 14.3 Å². The number of rotatable bonds is 4. The lowest BCUT2D eigenvalue weighted by atomic mass is 9.90. The maximum atomic E-state index is 11.5. The third kappa shape index (κ3) is 3.79. The molecule has 1 aliphatic heterocycles. The summed E-state index contributed by atoms with van der Waals surface area (Å²) in [6.45, 7) is 6.44. The lowest BCUT2D eigenvalue weighted by molar-refractivity contribution is -0.105. The zero-order chi connectivity index (χ0) is 18.4. The van der Waals surface area contributed by atoms with Gasteiger partial charge in [-0.3, -0.25) is 9.48 Å². The van der Waals surface area contributed by atoms with Gasteiger partial charge in [-0.1, -0.05) is 19.6 Å². The van der Waals surface area contributed by atoms with Crippen molar-refractivity contribution in [3.05, 3.63) is 47.8 Å². The van der Waals surface area contributed by atoms with Crippen LogP contribution in [0.25, 0.3) is 5.57 Å². The number of hydrogen-bond donors (Lipinski definition) is 0. The first kappa shape index (κ1) is 18.2. The van der Waals surface area contributed by atoms with E-state index in [4.69, 9.17) is 9.47 Å². The minimum absolute atomic E-state index is 0.0589. The van der Waals surface area contributed by atoms with Gasteiger partial charge in [-0.15, -0.1) is 0 Å². The Morgan fingerprint density at radius 3 is 3.04 bits per heavy atom. The molecule has 0 amide bonds. The fourth-order valence-electron chi connectivity index (χ4n) is 3.42. The number of hydrogen-bond acceptors (Lipinski definition) is 5. The summed E-state index contributed by atoms with van der Waals surface area (Å²) >= 11 is 0. The molecule has 1 aromatic heterocycles. The molecular formula is C20H25N3O3. The number of aromatic nitrogens is 2. The van der Waals surface area contributed by atoms with Gasteiger partial charge >= 0.3 is 5.95 Å². The number of carbonyl (C=O) groups excluding carboxylic acids is 1. The van der Waals surface area contributed by atoms with E-state index >= 15 is 0 Å². The zero-order valence-electron chi connectivity index (χ0n) is 15.2.